The van der Waals surface area contributed by atoms with Gasteiger partial charge in [-0.15, -0.1) is 5.92 Å². The highest BCUT2D eigenvalue weighted by Crippen LogP contribution is 1.99. The molecule has 0 fully saturated rings. The largest absolute Gasteiger partial charge is 0.302 e. The minimum Gasteiger partial charge on any atom is -0.302 e. The normalized spacial score (nSPS) is 8.57. The van der Waals surface area contributed by atoms with E-state index < -0.39 is 0 Å². The highest BCUT2D eigenvalue weighted by molar-refractivity contribution is 5.25. The number of aromatic nitrogens is 1. The van der Waals surface area contributed by atoms with Crippen LogP contribution in [0.1, 0.15) is 18.2 Å². The molecule has 0 aromatic carbocycles. The van der Waals surface area contributed by atoms with Crippen molar-refractivity contribution in [2.24, 2.45) is 0 Å². The SMILES string of the molecule is CC#CCNCc1ccnc(C#N)c1. The molecule has 0 bridgehead atoms. The number of nitriles is 1. The average molecular weight is 185 g/mol. The van der Waals surface area contributed by atoms with E-state index in [0.717, 1.165) is 5.56 Å². The van der Waals surface area contributed by atoms with Crippen LogP contribution >= 0.6 is 0 Å². The van der Waals surface area contributed by atoms with Crippen molar-refractivity contribution >= 4 is 0 Å². The molecule has 14 heavy (non-hydrogen) atoms. The van der Waals surface area contributed by atoms with Crippen molar-refractivity contribution in [3.8, 4) is 17.9 Å². The van der Waals surface area contributed by atoms with Crippen molar-refractivity contribution in [2.45, 2.75) is 13.5 Å². The van der Waals surface area contributed by atoms with Gasteiger partial charge in [0.15, 0.2) is 0 Å². The Morgan fingerprint density at radius 2 is 2.43 bits per heavy atom. The maximum atomic E-state index is 8.62. The highest BCUT2D eigenvalue weighted by Gasteiger charge is 1.94. The fraction of sp³-hybridized carbons (Fsp3) is 0.273. The van der Waals surface area contributed by atoms with Crippen LogP contribution in [-0.4, -0.2) is 11.5 Å². The number of hydrogen-bond donors (Lipinski definition) is 1. The van der Waals surface area contributed by atoms with E-state index in [1.165, 1.54) is 0 Å². The molecule has 3 heteroatoms. The summed E-state index contributed by atoms with van der Waals surface area (Å²) < 4.78 is 0. The summed E-state index contributed by atoms with van der Waals surface area (Å²) >= 11 is 0. The first-order valence-electron chi connectivity index (χ1n) is 4.32. The molecule has 0 radical (unpaired) electrons. The van der Waals surface area contributed by atoms with E-state index in [1.807, 2.05) is 19.1 Å². The Hall–Kier alpha value is -1.84. The van der Waals surface area contributed by atoms with Crippen LogP contribution < -0.4 is 5.32 Å². The second-order valence-electron chi connectivity index (χ2n) is 2.69. The zero-order chi connectivity index (χ0) is 10.2. The fourth-order valence-electron chi connectivity index (χ4n) is 1.00. The lowest BCUT2D eigenvalue weighted by atomic mass is 10.2. The van der Waals surface area contributed by atoms with Gasteiger partial charge in [-0.3, -0.25) is 0 Å². The summed E-state index contributed by atoms with van der Waals surface area (Å²) in [7, 11) is 0. The first-order chi connectivity index (χ1) is 6.86. The van der Waals surface area contributed by atoms with Crippen molar-refractivity contribution in [3.63, 3.8) is 0 Å². The summed E-state index contributed by atoms with van der Waals surface area (Å²) in [6.07, 6.45) is 1.64. The van der Waals surface area contributed by atoms with Gasteiger partial charge in [0.1, 0.15) is 11.8 Å². The Labute approximate surface area is 83.8 Å². The molecule has 1 aromatic heterocycles. The van der Waals surface area contributed by atoms with Gasteiger partial charge in [0.05, 0.1) is 6.54 Å². The van der Waals surface area contributed by atoms with Gasteiger partial charge in [0, 0.05) is 12.7 Å². The van der Waals surface area contributed by atoms with Crippen LogP contribution in [-0.2, 0) is 6.54 Å². The van der Waals surface area contributed by atoms with E-state index in [0.29, 0.717) is 18.8 Å². The number of nitrogens with zero attached hydrogens (tertiary/aromatic N) is 2. The quantitative estimate of drug-likeness (QED) is 0.566. The highest BCUT2D eigenvalue weighted by atomic mass is 14.8. The molecule has 1 heterocycles. The van der Waals surface area contributed by atoms with E-state index in [9.17, 15) is 0 Å². The van der Waals surface area contributed by atoms with Crippen molar-refractivity contribution < 1.29 is 0 Å². The zero-order valence-electron chi connectivity index (χ0n) is 8.04. The van der Waals surface area contributed by atoms with Gasteiger partial charge in [0.2, 0.25) is 0 Å². The van der Waals surface area contributed by atoms with Gasteiger partial charge >= 0.3 is 0 Å². The van der Waals surface area contributed by atoms with Crippen LogP contribution in [0.25, 0.3) is 0 Å². The lowest BCUT2D eigenvalue weighted by Gasteiger charge is -2.00. The molecule has 1 N–H and O–H groups in total. The lowest BCUT2D eigenvalue weighted by molar-refractivity contribution is 0.768. The standard InChI is InChI=1S/C11H11N3/c1-2-3-5-13-9-10-4-6-14-11(7-10)8-12/h4,6-7,13H,5,9H2,1H3. The molecule has 0 aliphatic rings. The Morgan fingerprint density at radius 3 is 3.14 bits per heavy atom. The number of nitrogens with one attached hydrogen (secondary N) is 1. The number of rotatable bonds is 3. The summed E-state index contributed by atoms with van der Waals surface area (Å²) in [4.78, 5) is 3.89. The predicted molar refractivity (Wildman–Crippen MR) is 54.1 cm³/mol. The van der Waals surface area contributed by atoms with Crippen molar-refractivity contribution in [1.82, 2.24) is 10.3 Å². The number of hydrogen-bond acceptors (Lipinski definition) is 3. The summed E-state index contributed by atoms with van der Waals surface area (Å²) in [5.74, 6) is 5.70. The summed E-state index contributed by atoms with van der Waals surface area (Å²) in [6.45, 7) is 3.19. The molecule has 0 saturated carbocycles. The monoisotopic (exact) mass is 185 g/mol. The Morgan fingerprint density at radius 1 is 1.57 bits per heavy atom. The second-order valence-corrected chi connectivity index (χ2v) is 2.69. The Kier molecular flexibility index (Phi) is 4.20. The van der Waals surface area contributed by atoms with E-state index in [1.54, 1.807) is 12.3 Å². The van der Waals surface area contributed by atoms with Gasteiger partial charge in [-0.2, -0.15) is 5.26 Å². The van der Waals surface area contributed by atoms with E-state index in [2.05, 4.69) is 22.1 Å². The maximum Gasteiger partial charge on any atom is 0.140 e. The molecule has 0 unspecified atom stereocenters. The van der Waals surface area contributed by atoms with Crippen LogP contribution in [0.5, 0.6) is 0 Å². The maximum absolute atomic E-state index is 8.62. The fourth-order valence-corrected chi connectivity index (χ4v) is 1.00. The third-order valence-corrected chi connectivity index (χ3v) is 1.66. The van der Waals surface area contributed by atoms with Gasteiger partial charge in [0.25, 0.3) is 0 Å². The second kappa shape index (κ2) is 5.75. The van der Waals surface area contributed by atoms with Crippen LogP contribution in [0.15, 0.2) is 18.3 Å². The first kappa shape index (κ1) is 10.2. The summed E-state index contributed by atoms with van der Waals surface area (Å²) in [5, 5.41) is 11.8. The zero-order valence-corrected chi connectivity index (χ0v) is 8.04. The molecule has 0 aliphatic heterocycles. The molecule has 3 nitrogen and oxygen atoms in total. The Balaban J connectivity index is 2.50. The number of pyridine rings is 1. The van der Waals surface area contributed by atoms with Crippen LogP contribution in [0, 0.1) is 23.2 Å². The summed E-state index contributed by atoms with van der Waals surface area (Å²) in [6, 6.07) is 5.65. The van der Waals surface area contributed by atoms with Gasteiger partial charge < -0.3 is 5.32 Å². The topological polar surface area (TPSA) is 48.7 Å². The van der Waals surface area contributed by atoms with Crippen molar-refractivity contribution in [1.29, 1.82) is 5.26 Å². The minimum atomic E-state index is 0.450. The molecule has 0 saturated heterocycles. The molecule has 1 rings (SSSR count). The van der Waals surface area contributed by atoms with E-state index >= 15 is 0 Å². The van der Waals surface area contributed by atoms with Crippen LogP contribution in [0.3, 0.4) is 0 Å². The third kappa shape index (κ3) is 3.26. The molecule has 70 valence electrons. The van der Waals surface area contributed by atoms with Gasteiger partial charge in [-0.05, 0) is 24.6 Å². The van der Waals surface area contributed by atoms with Gasteiger partial charge in [-0.1, -0.05) is 5.92 Å². The summed E-state index contributed by atoms with van der Waals surface area (Å²) in [5.41, 5.74) is 1.50. The molecule has 0 atom stereocenters. The molecule has 0 amide bonds. The van der Waals surface area contributed by atoms with Crippen molar-refractivity contribution in [2.75, 3.05) is 6.54 Å². The Bertz CT molecular complexity index is 393. The average Bonchev–Trinajstić information content (AvgIpc) is 2.25. The van der Waals surface area contributed by atoms with E-state index in [-0.39, 0.29) is 0 Å². The lowest BCUT2D eigenvalue weighted by Crippen LogP contribution is -2.13. The predicted octanol–water partition coefficient (Wildman–Crippen LogP) is 1.07. The van der Waals surface area contributed by atoms with E-state index in [4.69, 9.17) is 5.26 Å². The smallest absolute Gasteiger partial charge is 0.140 e. The molecular formula is C11H11N3. The van der Waals surface area contributed by atoms with Gasteiger partial charge in [-0.25, -0.2) is 4.98 Å². The van der Waals surface area contributed by atoms with Crippen LogP contribution in [0.4, 0.5) is 0 Å². The molecule has 0 spiro atoms. The molecule has 0 aliphatic carbocycles. The minimum absolute atomic E-state index is 0.450. The third-order valence-electron chi connectivity index (χ3n) is 1.66. The van der Waals surface area contributed by atoms with Crippen molar-refractivity contribution in [3.05, 3.63) is 29.6 Å². The van der Waals surface area contributed by atoms with Crippen LogP contribution in [0.2, 0.25) is 0 Å². The molecule has 1 aromatic rings. The first-order valence-corrected chi connectivity index (χ1v) is 4.32. The molecular weight excluding hydrogens is 174 g/mol.